The van der Waals surface area contributed by atoms with Crippen molar-refractivity contribution in [2.24, 2.45) is 5.92 Å². The molecule has 2 rings (SSSR count). The third kappa shape index (κ3) is 3.85. The molecule has 1 saturated heterocycles. The number of nitrogens with zero attached hydrogens (tertiary/aromatic N) is 1. The summed E-state index contributed by atoms with van der Waals surface area (Å²) in [5.74, 6) is -0.607. The zero-order chi connectivity index (χ0) is 16.3. The second-order valence-electron chi connectivity index (χ2n) is 5.88. The van der Waals surface area contributed by atoms with E-state index in [2.05, 4.69) is 0 Å². The number of benzene rings is 1. The average Bonchev–Trinajstić information content (AvgIpc) is 2.82. The van der Waals surface area contributed by atoms with Gasteiger partial charge in [-0.15, -0.1) is 0 Å². The number of hydrogen-bond donors (Lipinski definition) is 0. The van der Waals surface area contributed by atoms with Crippen LogP contribution in [0.25, 0.3) is 0 Å². The summed E-state index contributed by atoms with van der Waals surface area (Å²) in [7, 11) is -3.03. The molecular formula is C16H22FNO3S. The van der Waals surface area contributed by atoms with Crippen LogP contribution in [0.4, 0.5) is 4.39 Å². The van der Waals surface area contributed by atoms with E-state index in [0.29, 0.717) is 24.9 Å². The van der Waals surface area contributed by atoms with E-state index in [1.165, 1.54) is 6.07 Å². The SMILES string of the molecule is CCN(C(=O)C(C)Cc1ccccc1F)C1CCS(=O)(=O)C1. The van der Waals surface area contributed by atoms with Crippen LogP contribution in [0.1, 0.15) is 25.8 Å². The van der Waals surface area contributed by atoms with Gasteiger partial charge in [-0.1, -0.05) is 25.1 Å². The Labute approximate surface area is 131 Å². The van der Waals surface area contributed by atoms with Gasteiger partial charge in [0.25, 0.3) is 0 Å². The van der Waals surface area contributed by atoms with Gasteiger partial charge >= 0.3 is 0 Å². The van der Waals surface area contributed by atoms with Crippen molar-refractivity contribution in [2.75, 3.05) is 18.1 Å². The van der Waals surface area contributed by atoms with E-state index in [9.17, 15) is 17.6 Å². The summed E-state index contributed by atoms with van der Waals surface area (Å²) in [6.07, 6.45) is 0.815. The van der Waals surface area contributed by atoms with Crippen molar-refractivity contribution in [3.63, 3.8) is 0 Å². The maximum Gasteiger partial charge on any atom is 0.226 e. The fourth-order valence-electron chi connectivity index (χ4n) is 2.98. The van der Waals surface area contributed by atoms with Crippen LogP contribution >= 0.6 is 0 Å². The molecule has 0 aliphatic carbocycles. The number of hydrogen-bond acceptors (Lipinski definition) is 3. The normalized spacial score (nSPS) is 21.5. The standard InChI is InChI=1S/C16H22FNO3S/c1-3-18(14-8-9-22(20,21)11-14)16(19)12(2)10-13-6-4-5-7-15(13)17/h4-7,12,14H,3,8-11H2,1-2H3. The lowest BCUT2D eigenvalue weighted by molar-refractivity contribution is -0.136. The largest absolute Gasteiger partial charge is 0.339 e. The monoisotopic (exact) mass is 327 g/mol. The lowest BCUT2D eigenvalue weighted by Crippen LogP contribution is -2.44. The Hall–Kier alpha value is -1.43. The second kappa shape index (κ2) is 6.77. The fourth-order valence-corrected chi connectivity index (χ4v) is 4.71. The molecule has 1 aliphatic heterocycles. The molecule has 1 heterocycles. The predicted octanol–water partition coefficient (Wildman–Crippen LogP) is 2.04. The first-order valence-corrected chi connectivity index (χ1v) is 9.40. The highest BCUT2D eigenvalue weighted by Crippen LogP contribution is 2.21. The molecule has 6 heteroatoms. The van der Waals surface area contributed by atoms with Crippen molar-refractivity contribution in [1.29, 1.82) is 0 Å². The highest BCUT2D eigenvalue weighted by molar-refractivity contribution is 7.91. The first-order chi connectivity index (χ1) is 10.3. The number of carbonyl (C=O) groups excluding carboxylic acids is 1. The van der Waals surface area contributed by atoms with Crippen molar-refractivity contribution in [3.8, 4) is 0 Å². The number of sulfone groups is 1. The number of halogens is 1. The topological polar surface area (TPSA) is 54.5 Å². The molecule has 2 atom stereocenters. The number of rotatable bonds is 5. The van der Waals surface area contributed by atoms with Crippen molar-refractivity contribution >= 4 is 15.7 Å². The van der Waals surface area contributed by atoms with Gasteiger partial charge in [0.15, 0.2) is 9.84 Å². The summed E-state index contributed by atoms with van der Waals surface area (Å²) >= 11 is 0. The summed E-state index contributed by atoms with van der Waals surface area (Å²) in [6.45, 7) is 4.08. The third-order valence-electron chi connectivity index (χ3n) is 4.18. The van der Waals surface area contributed by atoms with Crippen LogP contribution in [0.2, 0.25) is 0 Å². The van der Waals surface area contributed by atoms with E-state index in [0.717, 1.165) is 0 Å². The molecule has 0 radical (unpaired) electrons. The highest BCUT2D eigenvalue weighted by atomic mass is 32.2. The third-order valence-corrected chi connectivity index (χ3v) is 5.93. The number of amides is 1. The minimum absolute atomic E-state index is 0.0407. The van der Waals surface area contributed by atoms with E-state index in [1.807, 2.05) is 6.92 Å². The van der Waals surface area contributed by atoms with Gasteiger partial charge < -0.3 is 4.90 Å². The quantitative estimate of drug-likeness (QED) is 0.831. The van der Waals surface area contributed by atoms with Gasteiger partial charge in [-0.05, 0) is 31.4 Å². The minimum Gasteiger partial charge on any atom is -0.339 e. The molecule has 0 N–H and O–H groups in total. The maximum absolute atomic E-state index is 13.7. The summed E-state index contributed by atoms with van der Waals surface area (Å²) in [6, 6.07) is 6.18. The molecular weight excluding hydrogens is 305 g/mol. The Morgan fingerprint density at radius 1 is 1.41 bits per heavy atom. The van der Waals surface area contributed by atoms with Crippen LogP contribution in [-0.4, -0.2) is 43.3 Å². The van der Waals surface area contributed by atoms with Crippen molar-refractivity contribution in [2.45, 2.75) is 32.7 Å². The van der Waals surface area contributed by atoms with Gasteiger partial charge in [0.2, 0.25) is 5.91 Å². The Bertz CT molecular complexity index is 645. The van der Waals surface area contributed by atoms with Gasteiger partial charge in [-0.3, -0.25) is 4.79 Å². The van der Waals surface area contributed by atoms with Gasteiger partial charge in [-0.2, -0.15) is 0 Å². The average molecular weight is 327 g/mol. The first kappa shape index (κ1) is 16.9. The molecule has 0 spiro atoms. The molecule has 122 valence electrons. The predicted molar refractivity (Wildman–Crippen MR) is 83.7 cm³/mol. The van der Waals surface area contributed by atoms with E-state index in [-0.39, 0.29) is 35.2 Å². The fraction of sp³-hybridized carbons (Fsp3) is 0.562. The Morgan fingerprint density at radius 2 is 2.09 bits per heavy atom. The van der Waals surface area contributed by atoms with Crippen molar-refractivity contribution < 1.29 is 17.6 Å². The van der Waals surface area contributed by atoms with Crippen LogP contribution in [0, 0.1) is 11.7 Å². The molecule has 0 bridgehead atoms. The van der Waals surface area contributed by atoms with Crippen LogP contribution in [-0.2, 0) is 21.1 Å². The molecule has 22 heavy (non-hydrogen) atoms. The van der Waals surface area contributed by atoms with Gasteiger partial charge in [0.05, 0.1) is 11.5 Å². The zero-order valence-electron chi connectivity index (χ0n) is 13.0. The summed E-state index contributed by atoms with van der Waals surface area (Å²) in [5.41, 5.74) is 0.512. The van der Waals surface area contributed by atoms with E-state index < -0.39 is 9.84 Å². The first-order valence-electron chi connectivity index (χ1n) is 7.58. The Kier molecular flexibility index (Phi) is 5.21. The van der Waals surface area contributed by atoms with Crippen LogP contribution in [0.3, 0.4) is 0 Å². The molecule has 1 fully saturated rings. The molecule has 2 unspecified atom stereocenters. The summed E-state index contributed by atoms with van der Waals surface area (Å²) < 4.78 is 36.9. The zero-order valence-corrected chi connectivity index (χ0v) is 13.8. The smallest absolute Gasteiger partial charge is 0.226 e. The van der Waals surface area contributed by atoms with Crippen molar-refractivity contribution in [3.05, 3.63) is 35.6 Å². The number of carbonyl (C=O) groups is 1. The van der Waals surface area contributed by atoms with Crippen LogP contribution in [0.15, 0.2) is 24.3 Å². The van der Waals surface area contributed by atoms with Crippen molar-refractivity contribution in [1.82, 2.24) is 4.90 Å². The molecule has 1 aromatic carbocycles. The Balaban J connectivity index is 2.07. The molecule has 4 nitrogen and oxygen atoms in total. The highest BCUT2D eigenvalue weighted by Gasteiger charge is 2.35. The van der Waals surface area contributed by atoms with E-state index in [4.69, 9.17) is 0 Å². The maximum atomic E-state index is 13.7. The molecule has 0 saturated carbocycles. The molecule has 1 aliphatic rings. The van der Waals surface area contributed by atoms with E-state index in [1.54, 1.807) is 30.0 Å². The Morgan fingerprint density at radius 3 is 2.64 bits per heavy atom. The lowest BCUT2D eigenvalue weighted by atomic mass is 9.98. The second-order valence-corrected chi connectivity index (χ2v) is 8.11. The van der Waals surface area contributed by atoms with Gasteiger partial charge in [0, 0.05) is 18.5 Å². The summed E-state index contributed by atoms with van der Waals surface area (Å²) in [5, 5.41) is 0. The molecule has 0 aromatic heterocycles. The molecule has 1 amide bonds. The van der Waals surface area contributed by atoms with Gasteiger partial charge in [0.1, 0.15) is 5.82 Å². The molecule has 1 aromatic rings. The van der Waals surface area contributed by atoms with Crippen LogP contribution in [0.5, 0.6) is 0 Å². The summed E-state index contributed by atoms with van der Waals surface area (Å²) in [4.78, 5) is 14.2. The minimum atomic E-state index is -3.03. The lowest BCUT2D eigenvalue weighted by Gasteiger charge is -2.29. The van der Waals surface area contributed by atoms with E-state index >= 15 is 0 Å². The van der Waals surface area contributed by atoms with Gasteiger partial charge in [-0.25, -0.2) is 12.8 Å². The van der Waals surface area contributed by atoms with Crippen LogP contribution < -0.4 is 0 Å².